The number of aryl methyl sites for hydroxylation is 1. The van der Waals surface area contributed by atoms with Gasteiger partial charge in [0.2, 0.25) is 17.8 Å². The van der Waals surface area contributed by atoms with E-state index in [-0.39, 0.29) is 30.0 Å². The van der Waals surface area contributed by atoms with Crippen molar-refractivity contribution in [1.29, 1.82) is 0 Å². The average Bonchev–Trinajstić information content (AvgIpc) is 2.47. The molecule has 0 saturated heterocycles. The van der Waals surface area contributed by atoms with E-state index in [1.807, 2.05) is 0 Å². The van der Waals surface area contributed by atoms with Gasteiger partial charge in [-0.15, -0.1) is 0 Å². The molecule has 0 bridgehead atoms. The molecule has 2 amide bonds. The van der Waals surface area contributed by atoms with Crippen molar-refractivity contribution in [1.82, 2.24) is 9.97 Å². The zero-order chi connectivity index (χ0) is 17.0. The molecule has 2 rings (SSSR count). The fourth-order valence-electron chi connectivity index (χ4n) is 2.83. The van der Waals surface area contributed by atoms with Crippen molar-refractivity contribution >= 4 is 23.6 Å². The largest absolute Gasteiger partial charge is 0.356 e. The van der Waals surface area contributed by atoms with Crippen LogP contribution in [-0.4, -0.2) is 42.3 Å². The molecular weight excluding hydrogens is 300 g/mol. The maximum absolute atomic E-state index is 11.5. The lowest BCUT2D eigenvalue weighted by Gasteiger charge is -2.30. The molecule has 2 N–H and O–H groups in total. The van der Waals surface area contributed by atoms with E-state index >= 15 is 0 Å². The van der Waals surface area contributed by atoms with Crippen molar-refractivity contribution in [2.75, 3.05) is 24.9 Å². The Morgan fingerprint density at radius 1 is 1.13 bits per heavy atom. The van der Waals surface area contributed by atoms with Crippen LogP contribution in [0.25, 0.3) is 0 Å². The van der Waals surface area contributed by atoms with Gasteiger partial charge in [0.25, 0.3) is 0 Å². The minimum atomic E-state index is -0.316. The molecule has 0 saturated carbocycles. The fourth-order valence-corrected chi connectivity index (χ4v) is 2.83. The van der Waals surface area contributed by atoms with Gasteiger partial charge in [0.05, 0.1) is 5.69 Å². The molecular formula is C15H22N4O4. The van der Waals surface area contributed by atoms with E-state index in [2.05, 4.69) is 20.6 Å². The van der Waals surface area contributed by atoms with Gasteiger partial charge in [-0.3, -0.25) is 14.9 Å². The molecule has 1 aliphatic carbocycles. The van der Waals surface area contributed by atoms with E-state index in [1.165, 1.54) is 13.8 Å². The van der Waals surface area contributed by atoms with Crippen LogP contribution in [0.15, 0.2) is 0 Å². The summed E-state index contributed by atoms with van der Waals surface area (Å²) in [5.41, 5.74) is 1.69. The third-order valence-corrected chi connectivity index (χ3v) is 3.74. The Morgan fingerprint density at radius 2 is 1.78 bits per heavy atom. The summed E-state index contributed by atoms with van der Waals surface area (Å²) in [6.07, 6.45) is 1.86. The first-order valence-corrected chi connectivity index (χ1v) is 7.45. The molecule has 23 heavy (non-hydrogen) atoms. The summed E-state index contributed by atoms with van der Waals surface area (Å²) in [5, 5.41) is 5.28. The van der Waals surface area contributed by atoms with E-state index in [0.29, 0.717) is 18.7 Å². The van der Waals surface area contributed by atoms with Crippen LogP contribution in [-0.2, 0) is 31.9 Å². The first kappa shape index (κ1) is 17.3. The number of ether oxygens (including phenoxy) is 2. The van der Waals surface area contributed by atoms with E-state index < -0.39 is 0 Å². The highest BCUT2D eigenvalue weighted by molar-refractivity contribution is 5.90. The summed E-state index contributed by atoms with van der Waals surface area (Å²) in [6, 6.07) is 0. The van der Waals surface area contributed by atoms with Crippen molar-refractivity contribution < 1.29 is 19.1 Å². The number of hydrogen-bond donors (Lipinski definition) is 2. The molecule has 0 aromatic carbocycles. The van der Waals surface area contributed by atoms with Crippen LogP contribution in [0.5, 0.6) is 0 Å². The van der Waals surface area contributed by atoms with Crippen molar-refractivity contribution in [3.05, 3.63) is 11.3 Å². The number of nitrogens with one attached hydrogen (secondary N) is 2. The molecule has 8 nitrogen and oxygen atoms in total. The number of carbonyl (C=O) groups is 2. The van der Waals surface area contributed by atoms with Gasteiger partial charge < -0.3 is 14.8 Å². The van der Waals surface area contributed by atoms with Crippen LogP contribution in [0.1, 0.15) is 31.5 Å². The van der Waals surface area contributed by atoms with E-state index in [1.54, 1.807) is 14.2 Å². The van der Waals surface area contributed by atoms with Gasteiger partial charge in [-0.25, -0.2) is 4.98 Å². The Bertz CT molecular complexity index is 601. The maximum atomic E-state index is 11.5. The van der Waals surface area contributed by atoms with Crippen LogP contribution < -0.4 is 10.6 Å². The third kappa shape index (κ3) is 4.23. The monoisotopic (exact) mass is 322 g/mol. The predicted molar refractivity (Wildman–Crippen MR) is 84.0 cm³/mol. The number of fused-ring (bicyclic) bond motifs is 1. The molecule has 0 fully saturated rings. The smallest absolute Gasteiger partial charge is 0.231 e. The first-order valence-electron chi connectivity index (χ1n) is 7.45. The van der Waals surface area contributed by atoms with Crippen molar-refractivity contribution in [2.45, 2.75) is 39.4 Å². The second-order valence-corrected chi connectivity index (χ2v) is 5.53. The number of rotatable bonds is 5. The van der Waals surface area contributed by atoms with Crippen LogP contribution in [0, 0.1) is 5.92 Å². The zero-order valence-electron chi connectivity index (χ0n) is 13.8. The van der Waals surface area contributed by atoms with Gasteiger partial charge in [0, 0.05) is 39.5 Å². The normalized spacial score (nSPS) is 16.8. The SMILES string of the molecule is COC(OC)[C@@H]1CCc2nc(NC(C)=O)nc(NC(C)=O)c2C1. The molecule has 0 spiro atoms. The highest BCUT2D eigenvalue weighted by Crippen LogP contribution is 2.32. The van der Waals surface area contributed by atoms with Crippen LogP contribution >= 0.6 is 0 Å². The third-order valence-electron chi connectivity index (χ3n) is 3.74. The van der Waals surface area contributed by atoms with Gasteiger partial charge in [0.15, 0.2) is 6.29 Å². The predicted octanol–water partition coefficient (Wildman–Crippen LogP) is 1.12. The van der Waals surface area contributed by atoms with Gasteiger partial charge in [0.1, 0.15) is 5.82 Å². The number of anilines is 2. The van der Waals surface area contributed by atoms with Gasteiger partial charge in [-0.2, -0.15) is 4.98 Å². The highest BCUT2D eigenvalue weighted by atomic mass is 16.7. The van der Waals surface area contributed by atoms with E-state index in [9.17, 15) is 9.59 Å². The minimum absolute atomic E-state index is 0.153. The van der Waals surface area contributed by atoms with Crippen LogP contribution in [0.4, 0.5) is 11.8 Å². The molecule has 0 unspecified atom stereocenters. The van der Waals surface area contributed by atoms with E-state index in [0.717, 1.165) is 17.7 Å². The highest BCUT2D eigenvalue weighted by Gasteiger charge is 2.30. The fraction of sp³-hybridized carbons (Fsp3) is 0.600. The first-order chi connectivity index (χ1) is 10.9. The van der Waals surface area contributed by atoms with E-state index in [4.69, 9.17) is 9.47 Å². The lowest BCUT2D eigenvalue weighted by atomic mass is 9.86. The molecule has 126 valence electrons. The number of carbonyl (C=O) groups excluding carboxylic acids is 2. The summed E-state index contributed by atoms with van der Waals surface area (Å²) in [4.78, 5) is 31.3. The Kier molecular flexibility index (Phi) is 5.62. The van der Waals surface area contributed by atoms with Crippen molar-refractivity contribution in [3.8, 4) is 0 Å². The lowest BCUT2D eigenvalue weighted by molar-refractivity contribution is -0.139. The molecule has 0 aliphatic heterocycles. The number of methoxy groups -OCH3 is 2. The van der Waals surface area contributed by atoms with Gasteiger partial charge in [-0.05, 0) is 19.3 Å². The van der Waals surface area contributed by atoms with Crippen molar-refractivity contribution in [2.24, 2.45) is 5.92 Å². The number of hydrogen-bond acceptors (Lipinski definition) is 6. The second kappa shape index (κ2) is 7.47. The Labute approximate surface area is 135 Å². The molecule has 1 aliphatic rings. The molecule has 0 radical (unpaired) electrons. The number of amides is 2. The summed E-state index contributed by atoms with van der Waals surface area (Å²) in [7, 11) is 3.21. The summed E-state index contributed by atoms with van der Waals surface area (Å²) < 4.78 is 10.7. The molecule has 1 heterocycles. The van der Waals surface area contributed by atoms with Gasteiger partial charge >= 0.3 is 0 Å². The number of nitrogens with zero attached hydrogens (tertiary/aromatic N) is 2. The Balaban J connectivity index is 2.36. The lowest BCUT2D eigenvalue weighted by Crippen LogP contribution is -2.31. The molecule has 1 aromatic heterocycles. The van der Waals surface area contributed by atoms with Crippen LogP contribution in [0.3, 0.4) is 0 Å². The van der Waals surface area contributed by atoms with Crippen LogP contribution in [0.2, 0.25) is 0 Å². The number of aromatic nitrogens is 2. The molecule has 1 aromatic rings. The second-order valence-electron chi connectivity index (χ2n) is 5.53. The minimum Gasteiger partial charge on any atom is -0.356 e. The zero-order valence-corrected chi connectivity index (χ0v) is 13.8. The Hall–Kier alpha value is -2.06. The average molecular weight is 322 g/mol. The summed E-state index contributed by atoms with van der Waals surface area (Å²) in [6.45, 7) is 2.80. The van der Waals surface area contributed by atoms with Crippen molar-refractivity contribution in [3.63, 3.8) is 0 Å². The topological polar surface area (TPSA) is 102 Å². The standard InChI is InChI=1S/C15H22N4O4/c1-8(20)16-13-11-7-10(14(22-3)23-4)5-6-12(11)18-15(19-13)17-9(2)21/h10,14H,5-7H2,1-4H3,(H2,16,17,18,19,20,21)/t10-/m1/s1. The maximum Gasteiger partial charge on any atom is 0.231 e. The quantitative estimate of drug-likeness (QED) is 0.788. The Morgan fingerprint density at radius 3 is 2.35 bits per heavy atom. The summed E-state index contributed by atoms with van der Waals surface area (Å²) in [5.74, 6) is 0.304. The molecule has 1 atom stereocenters. The van der Waals surface area contributed by atoms with Gasteiger partial charge in [-0.1, -0.05) is 0 Å². The summed E-state index contributed by atoms with van der Waals surface area (Å²) >= 11 is 0. The molecule has 8 heteroatoms.